The Hall–Kier alpha value is -2.15. The molecule has 110 valence electrons. The molecule has 1 amide bonds. The lowest BCUT2D eigenvalue weighted by molar-refractivity contribution is -0.120. The second-order valence-corrected chi connectivity index (χ2v) is 5.36. The Kier molecular flexibility index (Phi) is 4.74. The minimum atomic E-state index is -0.595. The van der Waals surface area contributed by atoms with Crippen LogP contribution in [-0.2, 0) is 11.2 Å². The molecule has 0 saturated carbocycles. The number of hydrazone groups is 1. The largest absolute Gasteiger partial charge is 0.273 e. The van der Waals surface area contributed by atoms with E-state index in [1.165, 1.54) is 18.3 Å². The summed E-state index contributed by atoms with van der Waals surface area (Å²) in [6.45, 7) is 3.33. The van der Waals surface area contributed by atoms with Crippen LogP contribution in [0, 0.1) is 18.6 Å². The normalized spacial score (nSPS) is 11.5. The Morgan fingerprint density at radius 3 is 2.86 bits per heavy atom. The second-order valence-electron chi connectivity index (χ2n) is 4.42. The molecule has 0 aliphatic carbocycles. The van der Waals surface area contributed by atoms with Crippen LogP contribution in [0.3, 0.4) is 0 Å². The van der Waals surface area contributed by atoms with E-state index >= 15 is 0 Å². The highest BCUT2D eigenvalue weighted by molar-refractivity contribution is 7.09. The van der Waals surface area contributed by atoms with Gasteiger partial charge in [0, 0.05) is 16.6 Å². The van der Waals surface area contributed by atoms with Crippen LogP contribution < -0.4 is 5.43 Å². The van der Waals surface area contributed by atoms with Crippen LogP contribution in [0.2, 0.25) is 0 Å². The molecule has 2 aromatic rings. The average Bonchev–Trinajstić information content (AvgIpc) is 2.84. The number of carbonyl (C=O) groups is 1. The van der Waals surface area contributed by atoms with Gasteiger partial charge in [-0.2, -0.15) is 5.10 Å². The zero-order valence-corrected chi connectivity index (χ0v) is 12.3. The standard InChI is InChI=1S/C14H13F2N3OS/c1-8-7-21-14(17-8)6-13(20)19-18-9(2)11-5-10(15)3-4-12(11)16/h3-5,7H,6H2,1-2H3,(H,19,20)/b18-9-. The number of halogens is 2. The molecule has 2 rings (SSSR count). The van der Waals surface area contributed by atoms with E-state index in [2.05, 4.69) is 15.5 Å². The van der Waals surface area contributed by atoms with Crippen molar-refractivity contribution in [3.63, 3.8) is 0 Å². The molecule has 4 nitrogen and oxygen atoms in total. The van der Waals surface area contributed by atoms with Gasteiger partial charge in [0.15, 0.2) is 0 Å². The molecule has 0 aliphatic rings. The molecule has 1 heterocycles. The van der Waals surface area contributed by atoms with Gasteiger partial charge < -0.3 is 0 Å². The maximum Gasteiger partial charge on any atom is 0.246 e. The van der Waals surface area contributed by atoms with Crippen LogP contribution in [-0.4, -0.2) is 16.6 Å². The molecule has 7 heteroatoms. The Morgan fingerprint density at radius 1 is 1.43 bits per heavy atom. The van der Waals surface area contributed by atoms with Gasteiger partial charge in [0.1, 0.15) is 16.6 Å². The minimum absolute atomic E-state index is 0.0143. The number of hydrogen-bond donors (Lipinski definition) is 1. The van der Waals surface area contributed by atoms with Crippen molar-refractivity contribution >= 4 is 23.0 Å². The molecule has 0 spiro atoms. The van der Waals surface area contributed by atoms with E-state index in [1.54, 1.807) is 0 Å². The molecular weight excluding hydrogens is 296 g/mol. The maximum absolute atomic E-state index is 13.5. The van der Waals surface area contributed by atoms with Gasteiger partial charge in [-0.05, 0) is 32.0 Å². The summed E-state index contributed by atoms with van der Waals surface area (Å²) < 4.78 is 26.6. The number of nitrogens with zero attached hydrogens (tertiary/aromatic N) is 2. The molecule has 0 radical (unpaired) electrons. The Balaban J connectivity index is 2.02. The topological polar surface area (TPSA) is 54.4 Å². The number of aryl methyl sites for hydroxylation is 1. The zero-order chi connectivity index (χ0) is 15.4. The van der Waals surface area contributed by atoms with Crippen molar-refractivity contribution < 1.29 is 13.6 Å². The smallest absolute Gasteiger partial charge is 0.246 e. The monoisotopic (exact) mass is 309 g/mol. The predicted octanol–water partition coefficient (Wildman–Crippen LogP) is 2.81. The first-order chi connectivity index (χ1) is 9.95. The number of thiazole rings is 1. The highest BCUT2D eigenvalue weighted by atomic mass is 32.1. The van der Waals surface area contributed by atoms with Gasteiger partial charge in [0.05, 0.1) is 12.1 Å². The predicted molar refractivity (Wildman–Crippen MR) is 77.3 cm³/mol. The number of nitrogens with one attached hydrogen (secondary N) is 1. The van der Waals surface area contributed by atoms with Crippen molar-refractivity contribution in [3.05, 3.63) is 51.5 Å². The molecule has 0 fully saturated rings. The third-order valence-corrected chi connectivity index (χ3v) is 3.61. The first-order valence-corrected chi connectivity index (χ1v) is 7.03. The molecule has 1 N–H and O–H groups in total. The third-order valence-electron chi connectivity index (χ3n) is 2.64. The summed E-state index contributed by atoms with van der Waals surface area (Å²) in [6, 6.07) is 3.07. The van der Waals surface area contributed by atoms with E-state index in [4.69, 9.17) is 0 Å². The SMILES string of the molecule is C/C(=N/NC(=O)Cc1nc(C)cs1)c1cc(F)ccc1F. The number of carbonyl (C=O) groups excluding carboxylic acids is 1. The minimum Gasteiger partial charge on any atom is -0.273 e. The maximum atomic E-state index is 13.5. The summed E-state index contributed by atoms with van der Waals surface area (Å²) in [6.07, 6.45) is 0.0981. The van der Waals surface area contributed by atoms with Gasteiger partial charge in [-0.15, -0.1) is 11.3 Å². The van der Waals surface area contributed by atoms with Crippen molar-refractivity contribution in [1.29, 1.82) is 0 Å². The van der Waals surface area contributed by atoms with Crippen molar-refractivity contribution in [2.24, 2.45) is 5.10 Å². The molecule has 0 saturated heterocycles. The lowest BCUT2D eigenvalue weighted by Gasteiger charge is -2.04. The Morgan fingerprint density at radius 2 is 2.19 bits per heavy atom. The summed E-state index contributed by atoms with van der Waals surface area (Å²) in [4.78, 5) is 15.9. The molecule has 1 aromatic heterocycles. The first kappa shape index (κ1) is 15.2. The van der Waals surface area contributed by atoms with Gasteiger partial charge >= 0.3 is 0 Å². The number of aromatic nitrogens is 1. The van der Waals surface area contributed by atoms with Crippen LogP contribution in [0.5, 0.6) is 0 Å². The van der Waals surface area contributed by atoms with Gasteiger partial charge in [-0.1, -0.05) is 0 Å². The van der Waals surface area contributed by atoms with Crippen LogP contribution in [0.15, 0.2) is 28.7 Å². The average molecular weight is 309 g/mol. The summed E-state index contributed by atoms with van der Waals surface area (Å²) >= 11 is 1.38. The summed E-state index contributed by atoms with van der Waals surface area (Å²) in [5.41, 5.74) is 3.37. The molecule has 0 aliphatic heterocycles. The number of benzene rings is 1. The Labute approximate surface area is 124 Å². The van der Waals surface area contributed by atoms with Crippen molar-refractivity contribution in [3.8, 4) is 0 Å². The van der Waals surface area contributed by atoms with Crippen molar-refractivity contribution in [2.75, 3.05) is 0 Å². The van der Waals surface area contributed by atoms with Gasteiger partial charge in [0.25, 0.3) is 0 Å². The number of amides is 1. The van der Waals surface area contributed by atoms with Crippen LogP contribution in [0.4, 0.5) is 8.78 Å². The van der Waals surface area contributed by atoms with E-state index in [0.717, 1.165) is 23.9 Å². The molecule has 0 atom stereocenters. The first-order valence-electron chi connectivity index (χ1n) is 6.15. The van der Waals surface area contributed by atoms with E-state index in [9.17, 15) is 13.6 Å². The van der Waals surface area contributed by atoms with Crippen LogP contribution in [0.25, 0.3) is 0 Å². The van der Waals surface area contributed by atoms with E-state index in [1.807, 2.05) is 12.3 Å². The van der Waals surface area contributed by atoms with Gasteiger partial charge in [0.2, 0.25) is 5.91 Å². The number of rotatable bonds is 4. The highest BCUT2D eigenvalue weighted by Crippen LogP contribution is 2.11. The van der Waals surface area contributed by atoms with Crippen LogP contribution >= 0.6 is 11.3 Å². The fourth-order valence-electron chi connectivity index (χ4n) is 1.64. The molecule has 0 unspecified atom stereocenters. The van der Waals surface area contributed by atoms with Crippen LogP contribution in [0.1, 0.15) is 23.2 Å². The highest BCUT2D eigenvalue weighted by Gasteiger charge is 2.09. The lowest BCUT2D eigenvalue weighted by atomic mass is 10.1. The van der Waals surface area contributed by atoms with Gasteiger partial charge in [-0.25, -0.2) is 19.2 Å². The van der Waals surface area contributed by atoms with E-state index < -0.39 is 11.6 Å². The van der Waals surface area contributed by atoms with Crippen molar-refractivity contribution in [2.45, 2.75) is 20.3 Å². The van der Waals surface area contributed by atoms with Gasteiger partial charge in [-0.3, -0.25) is 4.79 Å². The third kappa shape index (κ3) is 4.16. The lowest BCUT2D eigenvalue weighted by Crippen LogP contribution is -2.21. The fourth-order valence-corrected chi connectivity index (χ4v) is 2.41. The second kappa shape index (κ2) is 6.53. The summed E-state index contributed by atoms with van der Waals surface area (Å²) in [7, 11) is 0. The summed E-state index contributed by atoms with van der Waals surface area (Å²) in [5, 5.41) is 6.31. The summed E-state index contributed by atoms with van der Waals surface area (Å²) in [5.74, 6) is -1.52. The van der Waals surface area contributed by atoms with E-state index in [-0.39, 0.29) is 23.6 Å². The molecule has 21 heavy (non-hydrogen) atoms. The Bertz CT molecular complexity index is 697. The van der Waals surface area contributed by atoms with E-state index in [0.29, 0.717) is 5.01 Å². The molecule has 0 bridgehead atoms. The molecule has 1 aromatic carbocycles. The number of hydrogen-bond acceptors (Lipinski definition) is 4. The molecular formula is C14H13F2N3OS. The fraction of sp³-hybridized carbons (Fsp3) is 0.214. The van der Waals surface area contributed by atoms with Crippen molar-refractivity contribution in [1.82, 2.24) is 10.4 Å². The zero-order valence-electron chi connectivity index (χ0n) is 11.5. The quantitative estimate of drug-likeness (QED) is 0.697.